The predicted octanol–water partition coefficient (Wildman–Crippen LogP) is 2.72. The van der Waals surface area contributed by atoms with Crippen LogP contribution in [0.25, 0.3) is 5.57 Å². The molecule has 7 nitrogen and oxygen atoms in total. The van der Waals surface area contributed by atoms with Gasteiger partial charge in [-0.25, -0.2) is 4.90 Å². The summed E-state index contributed by atoms with van der Waals surface area (Å²) in [6.45, 7) is -0.120. The molecule has 8 heteroatoms. The fourth-order valence-electron chi connectivity index (χ4n) is 3.08. The third-order valence-corrected chi connectivity index (χ3v) is 5.43. The maximum atomic E-state index is 13.4. The van der Waals surface area contributed by atoms with Gasteiger partial charge in [0.15, 0.2) is 11.5 Å². The summed E-state index contributed by atoms with van der Waals surface area (Å²) < 4.78 is 15.9. The Morgan fingerprint density at radius 1 is 0.897 bits per heavy atom. The number of nitrogens with zero attached hydrogens (tertiary/aromatic N) is 1. The first-order valence-corrected chi connectivity index (χ1v) is 9.78. The topological polar surface area (TPSA) is 85.3 Å². The summed E-state index contributed by atoms with van der Waals surface area (Å²) in [6, 6.07) is 11.9. The molecule has 0 saturated carbocycles. The summed E-state index contributed by atoms with van der Waals surface area (Å²) in [6.07, 6.45) is 0. The molecule has 0 aliphatic carbocycles. The highest BCUT2D eigenvalue weighted by Crippen LogP contribution is 2.42. The molecule has 29 heavy (non-hydrogen) atoms. The number of aliphatic hydroxyl groups is 1. The molecule has 3 rings (SSSR count). The van der Waals surface area contributed by atoms with Gasteiger partial charge in [0.2, 0.25) is 0 Å². The molecule has 0 atom stereocenters. The Labute approximate surface area is 172 Å². The smallest absolute Gasteiger partial charge is 0.272 e. The molecule has 1 aliphatic heterocycles. The summed E-state index contributed by atoms with van der Waals surface area (Å²) in [5.74, 6) is 0.741. The maximum Gasteiger partial charge on any atom is 0.272 e. The number of benzene rings is 2. The second-order valence-corrected chi connectivity index (χ2v) is 7.07. The van der Waals surface area contributed by atoms with Crippen LogP contribution in [-0.4, -0.2) is 50.6 Å². The van der Waals surface area contributed by atoms with Crippen molar-refractivity contribution in [2.75, 3.05) is 38.6 Å². The van der Waals surface area contributed by atoms with Crippen LogP contribution >= 0.6 is 11.8 Å². The lowest BCUT2D eigenvalue weighted by Gasteiger charge is -2.17. The van der Waals surface area contributed by atoms with E-state index in [0.29, 0.717) is 28.5 Å². The Bertz CT molecular complexity index is 971. The summed E-state index contributed by atoms with van der Waals surface area (Å²) in [7, 11) is 4.50. The van der Waals surface area contributed by atoms with Crippen LogP contribution in [0.4, 0.5) is 5.69 Å². The van der Waals surface area contributed by atoms with E-state index in [4.69, 9.17) is 14.2 Å². The minimum atomic E-state index is -0.466. The molecule has 2 aromatic rings. The normalized spacial score (nSPS) is 13.9. The van der Waals surface area contributed by atoms with Crippen molar-refractivity contribution >= 4 is 34.8 Å². The van der Waals surface area contributed by atoms with E-state index < -0.39 is 11.8 Å². The number of para-hydroxylation sites is 1. The lowest BCUT2D eigenvalue weighted by atomic mass is 10.0. The highest BCUT2D eigenvalue weighted by Gasteiger charge is 2.41. The molecule has 0 saturated heterocycles. The molecule has 0 radical (unpaired) electrons. The van der Waals surface area contributed by atoms with Gasteiger partial charge in [-0.3, -0.25) is 9.59 Å². The van der Waals surface area contributed by atoms with Gasteiger partial charge in [-0.05, 0) is 18.2 Å². The van der Waals surface area contributed by atoms with Gasteiger partial charge < -0.3 is 19.3 Å². The average Bonchev–Trinajstić information content (AvgIpc) is 3.00. The fourth-order valence-corrected chi connectivity index (χ4v) is 3.93. The maximum absolute atomic E-state index is 13.4. The molecule has 1 aliphatic rings. The van der Waals surface area contributed by atoms with Gasteiger partial charge >= 0.3 is 0 Å². The second kappa shape index (κ2) is 9.02. The second-order valence-electron chi connectivity index (χ2n) is 5.96. The Kier molecular flexibility index (Phi) is 6.46. The van der Waals surface area contributed by atoms with E-state index in [1.165, 1.54) is 21.3 Å². The number of rotatable bonds is 8. The number of carbonyl (C=O) groups excluding carboxylic acids is 2. The number of ether oxygens (including phenoxy) is 3. The third kappa shape index (κ3) is 3.81. The molecule has 2 aromatic carbocycles. The Balaban J connectivity index is 2.11. The highest BCUT2D eigenvalue weighted by atomic mass is 32.2. The van der Waals surface area contributed by atoms with Crippen molar-refractivity contribution in [1.82, 2.24) is 0 Å². The number of amides is 2. The average molecular weight is 415 g/mol. The van der Waals surface area contributed by atoms with Gasteiger partial charge in [-0.1, -0.05) is 18.2 Å². The third-order valence-electron chi connectivity index (χ3n) is 4.38. The van der Waals surface area contributed by atoms with Gasteiger partial charge in [-0.15, -0.1) is 11.8 Å². The zero-order valence-corrected chi connectivity index (χ0v) is 17.1. The summed E-state index contributed by atoms with van der Waals surface area (Å²) in [4.78, 5) is 27.9. The summed E-state index contributed by atoms with van der Waals surface area (Å²) in [5, 5.41) is 9.24. The molecule has 0 bridgehead atoms. The molecule has 1 heterocycles. The van der Waals surface area contributed by atoms with Gasteiger partial charge in [0.25, 0.3) is 11.8 Å². The van der Waals surface area contributed by atoms with Crippen molar-refractivity contribution in [3.8, 4) is 17.2 Å². The molecule has 2 amide bonds. The first-order chi connectivity index (χ1) is 14.1. The number of hydrogen-bond donors (Lipinski definition) is 1. The number of hydrogen-bond acceptors (Lipinski definition) is 7. The first-order valence-electron chi connectivity index (χ1n) is 8.79. The Hall–Kier alpha value is -2.97. The predicted molar refractivity (Wildman–Crippen MR) is 111 cm³/mol. The van der Waals surface area contributed by atoms with Gasteiger partial charge in [-0.2, -0.15) is 0 Å². The van der Waals surface area contributed by atoms with Crippen molar-refractivity contribution < 1.29 is 28.9 Å². The largest absolute Gasteiger partial charge is 0.496 e. The summed E-state index contributed by atoms with van der Waals surface area (Å²) >= 11 is 1.14. The Morgan fingerprint density at radius 3 is 2.24 bits per heavy atom. The van der Waals surface area contributed by atoms with Crippen molar-refractivity contribution in [2.24, 2.45) is 0 Å². The van der Waals surface area contributed by atoms with E-state index in [9.17, 15) is 14.7 Å². The monoisotopic (exact) mass is 415 g/mol. The van der Waals surface area contributed by atoms with E-state index in [2.05, 4.69) is 0 Å². The van der Waals surface area contributed by atoms with Crippen LogP contribution in [0.1, 0.15) is 5.56 Å². The summed E-state index contributed by atoms with van der Waals surface area (Å²) in [5.41, 5.74) is 1.14. The van der Waals surface area contributed by atoms with Crippen LogP contribution in [0.5, 0.6) is 17.2 Å². The van der Waals surface area contributed by atoms with Gasteiger partial charge in [0.1, 0.15) is 5.75 Å². The number of carbonyl (C=O) groups is 2. The van der Waals surface area contributed by atoms with Crippen LogP contribution in [0, 0.1) is 0 Å². The number of methoxy groups -OCH3 is 3. The van der Waals surface area contributed by atoms with Crippen molar-refractivity contribution in [1.29, 1.82) is 0 Å². The molecule has 0 aromatic heterocycles. The van der Waals surface area contributed by atoms with E-state index in [0.717, 1.165) is 16.7 Å². The molecule has 0 fully saturated rings. The van der Waals surface area contributed by atoms with Crippen LogP contribution in [0.3, 0.4) is 0 Å². The van der Waals surface area contributed by atoms with Gasteiger partial charge in [0.05, 0.1) is 44.1 Å². The molecular formula is C21H21NO6S. The van der Waals surface area contributed by atoms with Crippen LogP contribution in [0.15, 0.2) is 47.4 Å². The first kappa shape index (κ1) is 20.8. The fraction of sp³-hybridized carbons (Fsp3) is 0.238. The van der Waals surface area contributed by atoms with Crippen molar-refractivity contribution in [2.45, 2.75) is 0 Å². The number of thioether (sulfide) groups is 1. The van der Waals surface area contributed by atoms with E-state index in [1.807, 2.05) is 0 Å². The SMILES string of the molecule is COc1ccc(N2C(=O)C(SCCO)=C(c3ccccc3OC)C2=O)cc1OC. The Morgan fingerprint density at radius 2 is 1.59 bits per heavy atom. The molecule has 152 valence electrons. The standard InChI is InChI=1S/C21H21NO6S/c1-26-15-7-5-4-6-14(15)18-19(29-11-10-23)21(25)22(20(18)24)13-8-9-16(27-2)17(12-13)28-3/h4-9,12,23H,10-11H2,1-3H3. The minimum Gasteiger partial charge on any atom is -0.496 e. The van der Waals surface area contributed by atoms with Crippen LogP contribution < -0.4 is 19.1 Å². The van der Waals surface area contributed by atoms with Crippen molar-refractivity contribution in [3.63, 3.8) is 0 Å². The lowest BCUT2D eigenvalue weighted by Crippen LogP contribution is -2.31. The van der Waals surface area contributed by atoms with E-state index in [1.54, 1.807) is 42.5 Å². The number of imide groups is 1. The van der Waals surface area contributed by atoms with Crippen LogP contribution in [-0.2, 0) is 9.59 Å². The quantitative estimate of drug-likeness (QED) is 0.664. The van der Waals surface area contributed by atoms with Crippen molar-refractivity contribution in [3.05, 3.63) is 52.9 Å². The zero-order valence-electron chi connectivity index (χ0n) is 16.3. The zero-order chi connectivity index (χ0) is 21.0. The minimum absolute atomic E-state index is 0.120. The van der Waals surface area contributed by atoms with E-state index in [-0.39, 0.29) is 22.8 Å². The molecule has 0 spiro atoms. The van der Waals surface area contributed by atoms with E-state index >= 15 is 0 Å². The van der Waals surface area contributed by atoms with Gasteiger partial charge in [0, 0.05) is 17.4 Å². The molecule has 1 N–H and O–H groups in total. The number of aliphatic hydroxyl groups excluding tert-OH is 1. The molecule has 0 unspecified atom stereocenters. The highest BCUT2D eigenvalue weighted by molar-refractivity contribution is 8.04. The lowest BCUT2D eigenvalue weighted by molar-refractivity contribution is -0.119. The molecular weight excluding hydrogens is 394 g/mol. The number of anilines is 1. The van der Waals surface area contributed by atoms with Crippen LogP contribution in [0.2, 0.25) is 0 Å².